The van der Waals surface area contributed by atoms with Gasteiger partial charge in [-0.3, -0.25) is 18.9 Å². The summed E-state index contributed by atoms with van der Waals surface area (Å²) in [4.78, 5) is 34.1. The number of rotatable bonds is 4. The van der Waals surface area contributed by atoms with E-state index < -0.39 is 0 Å². The topological polar surface area (TPSA) is 83.9 Å². The zero-order valence-electron chi connectivity index (χ0n) is 15.3. The first kappa shape index (κ1) is 20.5. The molecule has 4 rings (SSSR count). The van der Waals surface area contributed by atoms with Crippen LogP contribution in [0.5, 0.6) is 0 Å². The summed E-state index contributed by atoms with van der Waals surface area (Å²) in [6.45, 7) is 3.95. The molecule has 2 N–H and O–H groups in total. The monoisotopic (exact) mass is 419 g/mol. The van der Waals surface area contributed by atoms with E-state index in [0.717, 1.165) is 24.3 Å². The zero-order chi connectivity index (χ0) is 18.8. The highest BCUT2D eigenvalue weighted by Gasteiger charge is 2.22. The van der Waals surface area contributed by atoms with E-state index in [1.165, 1.54) is 11.3 Å². The predicted molar refractivity (Wildman–Crippen MR) is 112 cm³/mol. The second-order valence-electron chi connectivity index (χ2n) is 6.61. The minimum Gasteiger partial charge on any atom is -0.336 e. The van der Waals surface area contributed by atoms with E-state index in [9.17, 15) is 9.59 Å². The van der Waals surface area contributed by atoms with Crippen LogP contribution in [0.3, 0.4) is 0 Å². The molecule has 0 aliphatic carbocycles. The second kappa shape index (κ2) is 8.83. The molecule has 2 aromatic heterocycles. The second-order valence-corrected chi connectivity index (χ2v) is 7.48. The standard InChI is InChI=1S/C19H21N5O2S.ClH/c20-12-14-1-3-15(4-2-14)18(26)23-7-5-22(6-8-23)13-16-11-17(25)24-9-10-27-19(24)21-16;/h1-4,9-11H,5-8,12-13,20H2;1H. The molecule has 7 nitrogen and oxygen atoms in total. The lowest BCUT2D eigenvalue weighted by Crippen LogP contribution is -2.48. The molecule has 0 spiro atoms. The van der Waals surface area contributed by atoms with Crippen LogP contribution in [-0.4, -0.2) is 51.3 Å². The highest BCUT2D eigenvalue weighted by atomic mass is 35.5. The lowest BCUT2D eigenvalue weighted by Gasteiger charge is -2.34. The molecule has 3 heterocycles. The summed E-state index contributed by atoms with van der Waals surface area (Å²) in [5.74, 6) is 0.0506. The van der Waals surface area contributed by atoms with Gasteiger partial charge in [-0.2, -0.15) is 0 Å². The Morgan fingerprint density at radius 3 is 2.54 bits per heavy atom. The number of carbonyl (C=O) groups excluding carboxylic acids is 1. The van der Waals surface area contributed by atoms with Gasteiger partial charge in [-0.15, -0.1) is 23.7 Å². The molecule has 1 aliphatic heterocycles. The van der Waals surface area contributed by atoms with Gasteiger partial charge in [0, 0.05) is 62.5 Å². The first-order valence-electron chi connectivity index (χ1n) is 8.90. The molecule has 1 aromatic carbocycles. The molecule has 28 heavy (non-hydrogen) atoms. The zero-order valence-corrected chi connectivity index (χ0v) is 16.9. The Morgan fingerprint density at radius 2 is 1.86 bits per heavy atom. The Balaban J connectivity index is 0.00000225. The fraction of sp³-hybridized carbons (Fsp3) is 0.316. The Morgan fingerprint density at radius 1 is 1.14 bits per heavy atom. The van der Waals surface area contributed by atoms with E-state index in [-0.39, 0.29) is 23.9 Å². The summed E-state index contributed by atoms with van der Waals surface area (Å²) >= 11 is 1.45. The number of fused-ring (bicyclic) bond motifs is 1. The van der Waals surface area contributed by atoms with Gasteiger partial charge in [-0.1, -0.05) is 12.1 Å². The van der Waals surface area contributed by atoms with Crippen LogP contribution in [0.15, 0.2) is 46.7 Å². The first-order chi connectivity index (χ1) is 13.1. The maximum Gasteiger partial charge on any atom is 0.258 e. The Hall–Kier alpha value is -2.26. The molecule has 9 heteroatoms. The highest BCUT2D eigenvalue weighted by molar-refractivity contribution is 7.15. The molecule has 148 valence electrons. The third-order valence-corrected chi connectivity index (χ3v) is 5.59. The molecule has 0 saturated carbocycles. The van der Waals surface area contributed by atoms with Crippen LogP contribution >= 0.6 is 23.7 Å². The van der Waals surface area contributed by atoms with Gasteiger partial charge in [-0.05, 0) is 17.7 Å². The number of aromatic nitrogens is 2. The van der Waals surface area contributed by atoms with Crippen molar-refractivity contribution in [3.63, 3.8) is 0 Å². The Bertz CT molecular complexity index is 1010. The minimum atomic E-state index is -0.0500. The third-order valence-electron chi connectivity index (χ3n) is 4.84. The summed E-state index contributed by atoms with van der Waals surface area (Å²) in [5, 5.41) is 1.86. The number of nitrogens with zero attached hydrogens (tertiary/aromatic N) is 4. The van der Waals surface area contributed by atoms with Crippen LogP contribution in [-0.2, 0) is 13.1 Å². The fourth-order valence-electron chi connectivity index (χ4n) is 3.27. The van der Waals surface area contributed by atoms with Gasteiger partial charge in [0.05, 0.1) is 5.69 Å². The lowest BCUT2D eigenvalue weighted by molar-refractivity contribution is 0.0627. The number of benzene rings is 1. The molecule has 0 unspecified atom stereocenters. The van der Waals surface area contributed by atoms with Gasteiger partial charge in [0.2, 0.25) is 0 Å². The molecule has 0 radical (unpaired) electrons. The largest absolute Gasteiger partial charge is 0.336 e. The molecule has 1 aliphatic rings. The van der Waals surface area contributed by atoms with E-state index in [0.29, 0.717) is 36.7 Å². The number of piperazine rings is 1. The number of hydrogen-bond acceptors (Lipinski definition) is 6. The number of nitrogens with two attached hydrogens (primary N) is 1. The van der Waals surface area contributed by atoms with Crippen LogP contribution in [0.4, 0.5) is 0 Å². The van der Waals surface area contributed by atoms with E-state index >= 15 is 0 Å². The highest BCUT2D eigenvalue weighted by Crippen LogP contribution is 2.13. The van der Waals surface area contributed by atoms with Crippen LogP contribution in [0.25, 0.3) is 4.96 Å². The number of halogens is 1. The quantitative estimate of drug-likeness (QED) is 0.694. The van der Waals surface area contributed by atoms with Crippen molar-refractivity contribution in [2.45, 2.75) is 13.1 Å². The summed E-state index contributed by atoms with van der Waals surface area (Å²) in [6, 6.07) is 9.06. The maximum atomic E-state index is 12.6. The predicted octanol–water partition coefficient (Wildman–Crippen LogP) is 1.59. The van der Waals surface area contributed by atoms with Gasteiger partial charge in [0.1, 0.15) is 0 Å². The third kappa shape index (κ3) is 4.25. The van der Waals surface area contributed by atoms with Crippen LogP contribution in [0.2, 0.25) is 0 Å². The van der Waals surface area contributed by atoms with Gasteiger partial charge in [0.15, 0.2) is 4.96 Å². The summed E-state index contributed by atoms with van der Waals surface area (Å²) in [7, 11) is 0. The van der Waals surface area contributed by atoms with Gasteiger partial charge >= 0.3 is 0 Å². The number of hydrogen-bond donors (Lipinski definition) is 1. The molecular formula is C19H22ClN5O2S. The average molecular weight is 420 g/mol. The van der Waals surface area contributed by atoms with Crippen molar-refractivity contribution in [2.24, 2.45) is 5.73 Å². The van der Waals surface area contributed by atoms with Crippen molar-refractivity contribution < 1.29 is 4.79 Å². The van der Waals surface area contributed by atoms with Crippen molar-refractivity contribution >= 4 is 34.6 Å². The smallest absolute Gasteiger partial charge is 0.258 e. The maximum absolute atomic E-state index is 12.6. The van der Waals surface area contributed by atoms with Gasteiger partial charge < -0.3 is 10.6 Å². The molecule has 3 aromatic rings. The van der Waals surface area contributed by atoms with Crippen molar-refractivity contribution in [3.05, 3.63) is 69.1 Å². The number of amides is 1. The average Bonchev–Trinajstić information content (AvgIpc) is 3.17. The van der Waals surface area contributed by atoms with Crippen LogP contribution in [0, 0.1) is 0 Å². The van der Waals surface area contributed by atoms with E-state index in [4.69, 9.17) is 5.73 Å². The summed E-state index contributed by atoms with van der Waals surface area (Å²) < 4.78 is 1.56. The molecule has 1 saturated heterocycles. The van der Waals surface area contributed by atoms with Crippen molar-refractivity contribution in [3.8, 4) is 0 Å². The number of thiazole rings is 1. The normalized spacial score (nSPS) is 14.8. The van der Waals surface area contributed by atoms with Crippen molar-refractivity contribution in [1.29, 1.82) is 0 Å². The summed E-state index contributed by atoms with van der Waals surface area (Å²) in [6.07, 6.45) is 1.74. The SMILES string of the molecule is Cl.NCc1ccc(C(=O)N2CCN(Cc3cc(=O)n4ccsc4n3)CC2)cc1. The molecule has 0 bridgehead atoms. The van der Waals surface area contributed by atoms with Gasteiger partial charge in [0.25, 0.3) is 11.5 Å². The molecule has 0 atom stereocenters. The first-order valence-corrected chi connectivity index (χ1v) is 9.78. The fourth-order valence-corrected chi connectivity index (χ4v) is 4.01. The van der Waals surface area contributed by atoms with Crippen LogP contribution < -0.4 is 11.3 Å². The summed E-state index contributed by atoms with van der Waals surface area (Å²) in [5.41, 5.74) is 8.04. The minimum absolute atomic E-state index is 0. The van der Waals surface area contributed by atoms with E-state index in [1.807, 2.05) is 34.5 Å². The molecular weight excluding hydrogens is 398 g/mol. The molecule has 1 amide bonds. The van der Waals surface area contributed by atoms with E-state index in [1.54, 1.807) is 16.7 Å². The van der Waals surface area contributed by atoms with Gasteiger partial charge in [-0.25, -0.2) is 4.98 Å². The van der Waals surface area contributed by atoms with Crippen molar-refractivity contribution in [2.75, 3.05) is 26.2 Å². The molecule has 1 fully saturated rings. The number of carbonyl (C=O) groups is 1. The Kier molecular flexibility index (Phi) is 6.46. The Labute approximate surface area is 172 Å². The van der Waals surface area contributed by atoms with E-state index in [2.05, 4.69) is 9.88 Å². The lowest BCUT2D eigenvalue weighted by atomic mass is 10.1. The van der Waals surface area contributed by atoms with Crippen molar-refractivity contribution in [1.82, 2.24) is 19.2 Å². The van der Waals surface area contributed by atoms with Crippen LogP contribution in [0.1, 0.15) is 21.6 Å².